The third kappa shape index (κ3) is 6.18. The number of aryl methyl sites for hydroxylation is 2. The molecule has 3 fully saturated rings. The van der Waals surface area contributed by atoms with Crippen molar-refractivity contribution in [3.63, 3.8) is 0 Å². The second-order valence-corrected chi connectivity index (χ2v) is 13.9. The zero-order valence-corrected chi connectivity index (χ0v) is 28.5. The smallest absolute Gasteiger partial charge is 0.253 e. The van der Waals surface area contributed by atoms with Crippen LogP contribution in [-0.2, 0) is 25.7 Å². The molecule has 47 heavy (non-hydrogen) atoms. The number of nitrogens with zero attached hydrogens (tertiary/aromatic N) is 3. The fourth-order valence-corrected chi connectivity index (χ4v) is 8.36. The van der Waals surface area contributed by atoms with E-state index < -0.39 is 29.1 Å². The number of likely N-dealkylation sites (tertiary alicyclic amines) is 1. The highest BCUT2D eigenvalue weighted by atomic mass is 16.5. The summed E-state index contributed by atoms with van der Waals surface area (Å²) in [4.78, 5) is 49.8. The molecular formula is C39H51N3O5. The maximum absolute atomic E-state index is 15.0. The molecule has 8 nitrogen and oxygen atoms in total. The van der Waals surface area contributed by atoms with E-state index >= 15 is 4.79 Å². The number of amides is 3. The lowest BCUT2D eigenvalue weighted by Crippen LogP contribution is -2.57. The molecule has 0 aliphatic carbocycles. The van der Waals surface area contributed by atoms with Gasteiger partial charge in [0.1, 0.15) is 11.6 Å². The van der Waals surface area contributed by atoms with Crippen molar-refractivity contribution in [1.29, 1.82) is 0 Å². The minimum atomic E-state index is -1.14. The zero-order valence-electron chi connectivity index (χ0n) is 28.5. The number of aliphatic hydroxyl groups is 1. The monoisotopic (exact) mass is 641 g/mol. The summed E-state index contributed by atoms with van der Waals surface area (Å²) >= 11 is 0. The number of rotatable bonds is 15. The molecule has 3 saturated heterocycles. The van der Waals surface area contributed by atoms with Crippen molar-refractivity contribution in [3.8, 4) is 0 Å². The van der Waals surface area contributed by atoms with Crippen molar-refractivity contribution < 1.29 is 24.2 Å². The third-order valence-electron chi connectivity index (χ3n) is 10.7. The van der Waals surface area contributed by atoms with Crippen LogP contribution in [0.5, 0.6) is 0 Å². The molecule has 1 N–H and O–H groups in total. The van der Waals surface area contributed by atoms with Crippen molar-refractivity contribution in [2.45, 2.75) is 83.6 Å². The molecule has 3 aliphatic rings. The summed E-state index contributed by atoms with van der Waals surface area (Å²) in [6, 6.07) is 15.0. The summed E-state index contributed by atoms with van der Waals surface area (Å²) in [5.74, 6) is -2.12. The van der Waals surface area contributed by atoms with Gasteiger partial charge in [-0.05, 0) is 68.7 Å². The minimum absolute atomic E-state index is 0.0591. The summed E-state index contributed by atoms with van der Waals surface area (Å²) in [5, 5.41) is 9.30. The number of aliphatic hydroxyl groups excluding tert-OH is 1. The Labute approximate surface area is 280 Å². The van der Waals surface area contributed by atoms with E-state index in [0.29, 0.717) is 38.9 Å². The van der Waals surface area contributed by atoms with Gasteiger partial charge in [-0.2, -0.15) is 0 Å². The highest BCUT2D eigenvalue weighted by Crippen LogP contribution is 2.65. The predicted octanol–water partition coefficient (Wildman–Crippen LogP) is 5.60. The molecule has 6 atom stereocenters. The van der Waals surface area contributed by atoms with Crippen LogP contribution in [0.3, 0.4) is 0 Å². The molecular weight excluding hydrogens is 590 g/mol. The molecule has 0 radical (unpaired) electrons. The van der Waals surface area contributed by atoms with Crippen molar-refractivity contribution >= 4 is 23.4 Å². The fourth-order valence-electron chi connectivity index (χ4n) is 8.36. The molecule has 2 bridgehead atoms. The lowest BCUT2D eigenvalue weighted by molar-refractivity contribution is -0.151. The summed E-state index contributed by atoms with van der Waals surface area (Å²) in [6.07, 6.45) is 6.97. The predicted molar refractivity (Wildman–Crippen MR) is 185 cm³/mol. The van der Waals surface area contributed by atoms with Crippen LogP contribution in [0.15, 0.2) is 73.8 Å². The van der Waals surface area contributed by atoms with Gasteiger partial charge in [0, 0.05) is 38.5 Å². The van der Waals surface area contributed by atoms with E-state index in [9.17, 15) is 14.7 Å². The molecule has 252 valence electrons. The van der Waals surface area contributed by atoms with Gasteiger partial charge in [-0.25, -0.2) is 0 Å². The summed E-state index contributed by atoms with van der Waals surface area (Å²) in [5.41, 5.74) is 1.69. The van der Waals surface area contributed by atoms with Gasteiger partial charge in [0.15, 0.2) is 0 Å². The molecule has 0 saturated carbocycles. The molecule has 5 rings (SSSR count). The van der Waals surface area contributed by atoms with Crippen LogP contribution in [0, 0.1) is 31.6 Å². The van der Waals surface area contributed by atoms with E-state index in [2.05, 4.69) is 20.1 Å². The van der Waals surface area contributed by atoms with Crippen LogP contribution >= 0.6 is 0 Å². The number of fused-ring (bicyclic) bond motifs is 1. The zero-order chi connectivity index (χ0) is 33.9. The lowest BCUT2D eigenvalue weighted by atomic mass is 9.62. The van der Waals surface area contributed by atoms with Gasteiger partial charge in [0.2, 0.25) is 11.8 Å². The molecule has 1 spiro atoms. The average Bonchev–Trinajstić information content (AvgIpc) is 3.56. The van der Waals surface area contributed by atoms with E-state index in [1.807, 2.05) is 69.3 Å². The van der Waals surface area contributed by atoms with E-state index in [1.54, 1.807) is 26.9 Å². The number of carbonyl (C=O) groups is 3. The van der Waals surface area contributed by atoms with Crippen molar-refractivity contribution in [2.24, 2.45) is 17.8 Å². The Kier molecular flexibility index (Phi) is 10.4. The first-order valence-electron chi connectivity index (χ1n) is 17.1. The van der Waals surface area contributed by atoms with Crippen molar-refractivity contribution in [3.05, 3.63) is 90.5 Å². The molecule has 8 heteroatoms. The number of carbonyl (C=O) groups excluding carboxylic acids is 3. The first-order valence-corrected chi connectivity index (χ1v) is 17.1. The normalized spacial score (nSPS) is 27.5. The van der Waals surface area contributed by atoms with Crippen LogP contribution in [0.4, 0.5) is 5.69 Å². The quantitative estimate of drug-likeness (QED) is 0.202. The van der Waals surface area contributed by atoms with Crippen LogP contribution in [0.1, 0.15) is 62.6 Å². The van der Waals surface area contributed by atoms with Crippen molar-refractivity contribution in [2.75, 3.05) is 31.1 Å². The van der Waals surface area contributed by atoms with Gasteiger partial charge in [-0.3, -0.25) is 14.4 Å². The van der Waals surface area contributed by atoms with Crippen LogP contribution in [0.25, 0.3) is 0 Å². The van der Waals surface area contributed by atoms with Crippen LogP contribution < -0.4 is 4.90 Å². The summed E-state index contributed by atoms with van der Waals surface area (Å²) < 4.78 is 7.05. The molecule has 2 aromatic rings. The van der Waals surface area contributed by atoms with Gasteiger partial charge >= 0.3 is 0 Å². The Morgan fingerprint density at radius 2 is 1.72 bits per heavy atom. The van der Waals surface area contributed by atoms with E-state index in [4.69, 9.17) is 4.74 Å². The SMILES string of the molecule is C=CCN(Cc1ccccc1)C(=O)[C@H]1[C@H]2C(=O)N(CCCCCCO)C(C(=O)N(CC=C)c3cc(C)ccc3C)C23CC(C)[C@]1(C)O3. The number of unbranched alkanes of at least 4 members (excludes halogenated alkanes) is 3. The molecule has 0 aromatic heterocycles. The van der Waals surface area contributed by atoms with Crippen molar-refractivity contribution in [1.82, 2.24) is 9.80 Å². The second kappa shape index (κ2) is 14.2. The third-order valence-corrected chi connectivity index (χ3v) is 10.7. The fraction of sp³-hybridized carbons (Fsp3) is 0.513. The second-order valence-electron chi connectivity index (χ2n) is 13.9. The van der Waals surface area contributed by atoms with Gasteiger partial charge in [0.25, 0.3) is 5.91 Å². The molecule has 3 aliphatic heterocycles. The lowest BCUT2D eigenvalue weighted by Gasteiger charge is -2.39. The maximum atomic E-state index is 15.0. The maximum Gasteiger partial charge on any atom is 0.253 e. The number of hydrogen-bond acceptors (Lipinski definition) is 5. The molecule has 3 heterocycles. The Morgan fingerprint density at radius 1 is 1.02 bits per heavy atom. The number of ether oxygens (including phenoxy) is 1. The average molecular weight is 642 g/mol. The Hall–Kier alpha value is -3.75. The van der Waals surface area contributed by atoms with E-state index in [-0.39, 0.29) is 36.8 Å². The summed E-state index contributed by atoms with van der Waals surface area (Å²) in [7, 11) is 0. The first-order chi connectivity index (χ1) is 22.5. The van der Waals surface area contributed by atoms with E-state index in [1.165, 1.54) is 0 Å². The Bertz CT molecular complexity index is 1490. The Morgan fingerprint density at radius 3 is 2.40 bits per heavy atom. The molecule has 2 aromatic carbocycles. The largest absolute Gasteiger partial charge is 0.396 e. The first kappa shape index (κ1) is 34.6. The minimum Gasteiger partial charge on any atom is -0.396 e. The van der Waals surface area contributed by atoms with Crippen LogP contribution in [-0.4, -0.2) is 76.1 Å². The number of anilines is 1. The summed E-state index contributed by atoms with van der Waals surface area (Å²) in [6.45, 7) is 17.4. The number of hydrogen-bond donors (Lipinski definition) is 1. The highest BCUT2D eigenvalue weighted by Gasteiger charge is 2.80. The van der Waals surface area contributed by atoms with Gasteiger partial charge in [-0.15, -0.1) is 13.2 Å². The van der Waals surface area contributed by atoms with Crippen LogP contribution in [0.2, 0.25) is 0 Å². The standard InChI is InChI=1S/C39H51N3O5/c1-7-20-40(26-30-16-12-11-13-17-30)35(44)32-33-36(45)42(22-14-9-10-15-23-43)34(39(33)25-29(5)38(32,6)47-39)37(46)41(21-8-2)31-24-27(3)18-19-28(31)4/h7-8,11-13,16-19,24,29,32-34,43H,1-2,9-10,14-15,20-23,25-26H2,3-6H3/t29?,32-,33+,34?,38+,39?/m1/s1. The van der Waals surface area contributed by atoms with Gasteiger partial charge in [-0.1, -0.05) is 74.4 Å². The number of benzene rings is 2. The molecule has 3 amide bonds. The van der Waals surface area contributed by atoms with E-state index in [0.717, 1.165) is 35.2 Å². The van der Waals surface area contributed by atoms with Gasteiger partial charge in [0.05, 0.1) is 17.4 Å². The van der Waals surface area contributed by atoms with Gasteiger partial charge < -0.3 is 24.5 Å². The Balaban J connectivity index is 1.58. The molecule has 3 unspecified atom stereocenters. The highest BCUT2D eigenvalue weighted by molar-refractivity contribution is 6.05. The topological polar surface area (TPSA) is 90.4 Å².